The van der Waals surface area contributed by atoms with Crippen LogP contribution in [0.25, 0.3) is 0 Å². The fourth-order valence-electron chi connectivity index (χ4n) is 2.19. The standard InChI is InChI=1S/C10H20N2O2/c1-14-10-3-7(4-10)11-5-8-2-9(13)6-12-8/h7-13H,2-6H2,1H3. The second-order valence-corrected chi connectivity index (χ2v) is 4.43. The van der Waals surface area contributed by atoms with Crippen molar-refractivity contribution < 1.29 is 9.84 Å². The molecule has 0 spiro atoms. The molecule has 82 valence electrons. The average Bonchev–Trinajstić information content (AvgIpc) is 2.49. The molecule has 2 rings (SSSR count). The van der Waals surface area contributed by atoms with Crippen molar-refractivity contribution in [1.82, 2.24) is 10.6 Å². The van der Waals surface area contributed by atoms with Gasteiger partial charge in [0.25, 0.3) is 0 Å². The molecule has 2 fully saturated rings. The maximum atomic E-state index is 9.31. The summed E-state index contributed by atoms with van der Waals surface area (Å²) < 4.78 is 5.21. The molecular formula is C10H20N2O2. The highest BCUT2D eigenvalue weighted by Gasteiger charge is 2.30. The van der Waals surface area contributed by atoms with Gasteiger partial charge in [-0.25, -0.2) is 0 Å². The Bertz CT molecular complexity index is 183. The normalized spacial score (nSPS) is 42.4. The van der Waals surface area contributed by atoms with Crippen LogP contribution in [0, 0.1) is 0 Å². The minimum Gasteiger partial charge on any atom is -0.392 e. The highest BCUT2D eigenvalue weighted by Crippen LogP contribution is 2.22. The first-order valence-electron chi connectivity index (χ1n) is 5.45. The zero-order valence-corrected chi connectivity index (χ0v) is 8.70. The fraction of sp³-hybridized carbons (Fsp3) is 1.00. The Kier molecular flexibility index (Phi) is 3.38. The second-order valence-electron chi connectivity index (χ2n) is 4.43. The van der Waals surface area contributed by atoms with Crippen LogP contribution in [0.4, 0.5) is 0 Å². The number of hydrogen-bond donors (Lipinski definition) is 3. The molecule has 1 aliphatic heterocycles. The highest BCUT2D eigenvalue weighted by molar-refractivity contribution is 4.89. The smallest absolute Gasteiger partial charge is 0.0680 e. The van der Waals surface area contributed by atoms with Gasteiger partial charge in [0.15, 0.2) is 0 Å². The predicted octanol–water partition coefficient (Wildman–Crippen LogP) is -0.524. The zero-order chi connectivity index (χ0) is 9.97. The van der Waals surface area contributed by atoms with Crippen LogP contribution in [-0.2, 0) is 4.74 Å². The summed E-state index contributed by atoms with van der Waals surface area (Å²) in [4.78, 5) is 0. The largest absolute Gasteiger partial charge is 0.392 e. The third kappa shape index (κ3) is 2.45. The lowest BCUT2D eigenvalue weighted by Gasteiger charge is -2.35. The molecule has 0 bridgehead atoms. The predicted molar refractivity (Wildman–Crippen MR) is 54.2 cm³/mol. The van der Waals surface area contributed by atoms with E-state index in [1.165, 1.54) is 0 Å². The van der Waals surface area contributed by atoms with Gasteiger partial charge in [-0.05, 0) is 19.3 Å². The van der Waals surface area contributed by atoms with Gasteiger partial charge in [-0.3, -0.25) is 0 Å². The molecule has 1 saturated carbocycles. The van der Waals surface area contributed by atoms with E-state index in [1.54, 1.807) is 7.11 Å². The Balaban J connectivity index is 1.56. The number of rotatable bonds is 4. The van der Waals surface area contributed by atoms with Crippen LogP contribution in [0.15, 0.2) is 0 Å². The van der Waals surface area contributed by atoms with Crippen LogP contribution < -0.4 is 10.6 Å². The lowest BCUT2D eigenvalue weighted by atomic mass is 9.89. The van der Waals surface area contributed by atoms with Crippen molar-refractivity contribution >= 4 is 0 Å². The maximum absolute atomic E-state index is 9.31. The molecule has 0 aromatic rings. The van der Waals surface area contributed by atoms with Crippen LogP contribution >= 0.6 is 0 Å². The molecule has 0 aromatic heterocycles. The Labute approximate surface area is 85.0 Å². The summed E-state index contributed by atoms with van der Waals surface area (Å²) >= 11 is 0. The van der Waals surface area contributed by atoms with E-state index in [4.69, 9.17) is 4.74 Å². The molecule has 0 aromatic carbocycles. The van der Waals surface area contributed by atoms with Crippen LogP contribution in [0.5, 0.6) is 0 Å². The Morgan fingerprint density at radius 1 is 1.43 bits per heavy atom. The maximum Gasteiger partial charge on any atom is 0.0680 e. The third-order valence-corrected chi connectivity index (χ3v) is 3.28. The van der Waals surface area contributed by atoms with E-state index in [0.29, 0.717) is 18.2 Å². The molecule has 2 unspecified atom stereocenters. The SMILES string of the molecule is COC1CC(NCC2CC(O)CN2)C1. The molecular weight excluding hydrogens is 180 g/mol. The van der Waals surface area contributed by atoms with Crippen LogP contribution in [0.3, 0.4) is 0 Å². The van der Waals surface area contributed by atoms with Crippen LogP contribution in [0.1, 0.15) is 19.3 Å². The van der Waals surface area contributed by atoms with E-state index in [2.05, 4.69) is 10.6 Å². The lowest BCUT2D eigenvalue weighted by molar-refractivity contribution is 0.0170. The van der Waals surface area contributed by atoms with Gasteiger partial charge >= 0.3 is 0 Å². The monoisotopic (exact) mass is 200 g/mol. The third-order valence-electron chi connectivity index (χ3n) is 3.28. The quantitative estimate of drug-likeness (QED) is 0.571. The van der Waals surface area contributed by atoms with Gasteiger partial charge in [-0.2, -0.15) is 0 Å². The summed E-state index contributed by atoms with van der Waals surface area (Å²) in [6.07, 6.45) is 3.47. The van der Waals surface area contributed by atoms with Crippen molar-refractivity contribution in [3.8, 4) is 0 Å². The average molecular weight is 200 g/mol. The van der Waals surface area contributed by atoms with E-state index in [9.17, 15) is 5.11 Å². The van der Waals surface area contributed by atoms with Crippen LogP contribution in [0.2, 0.25) is 0 Å². The number of hydrogen-bond acceptors (Lipinski definition) is 4. The summed E-state index contributed by atoms with van der Waals surface area (Å²) in [5, 5.41) is 16.1. The van der Waals surface area contributed by atoms with Crippen molar-refractivity contribution in [1.29, 1.82) is 0 Å². The molecule has 2 aliphatic rings. The van der Waals surface area contributed by atoms with Crippen molar-refractivity contribution in [2.45, 2.75) is 43.6 Å². The first kappa shape index (κ1) is 10.4. The minimum absolute atomic E-state index is 0.144. The number of β-amino-alcohol motifs (C(OH)–C–C–N with tert-alkyl or cyclic N) is 1. The van der Waals surface area contributed by atoms with E-state index in [-0.39, 0.29) is 6.10 Å². The summed E-state index contributed by atoms with van der Waals surface area (Å²) in [6, 6.07) is 1.08. The molecule has 0 amide bonds. The highest BCUT2D eigenvalue weighted by atomic mass is 16.5. The van der Waals surface area contributed by atoms with E-state index < -0.39 is 0 Å². The molecule has 4 heteroatoms. The number of methoxy groups -OCH3 is 1. The zero-order valence-electron chi connectivity index (χ0n) is 8.70. The van der Waals surface area contributed by atoms with Crippen molar-refractivity contribution in [2.75, 3.05) is 20.2 Å². The minimum atomic E-state index is -0.144. The Hall–Kier alpha value is -0.160. The molecule has 1 aliphatic carbocycles. The summed E-state index contributed by atoms with van der Waals surface area (Å²) in [5.41, 5.74) is 0. The van der Waals surface area contributed by atoms with E-state index in [0.717, 1.165) is 32.4 Å². The van der Waals surface area contributed by atoms with Gasteiger partial charge in [-0.1, -0.05) is 0 Å². The second kappa shape index (κ2) is 4.57. The van der Waals surface area contributed by atoms with E-state index >= 15 is 0 Å². The first-order valence-corrected chi connectivity index (χ1v) is 5.45. The molecule has 14 heavy (non-hydrogen) atoms. The van der Waals surface area contributed by atoms with Gasteiger partial charge in [0.2, 0.25) is 0 Å². The first-order chi connectivity index (χ1) is 6.78. The molecule has 1 heterocycles. The molecule has 2 atom stereocenters. The Morgan fingerprint density at radius 3 is 2.79 bits per heavy atom. The van der Waals surface area contributed by atoms with Crippen LogP contribution in [-0.4, -0.2) is 49.6 Å². The summed E-state index contributed by atoms with van der Waals surface area (Å²) in [5.74, 6) is 0. The van der Waals surface area contributed by atoms with Crippen molar-refractivity contribution in [3.63, 3.8) is 0 Å². The van der Waals surface area contributed by atoms with Gasteiger partial charge in [0.05, 0.1) is 12.2 Å². The summed E-state index contributed by atoms with van der Waals surface area (Å²) in [7, 11) is 1.77. The molecule has 0 radical (unpaired) electrons. The number of aliphatic hydroxyl groups is 1. The number of ether oxygens (including phenoxy) is 1. The lowest BCUT2D eigenvalue weighted by Crippen LogP contribution is -2.48. The van der Waals surface area contributed by atoms with E-state index in [1.807, 2.05) is 0 Å². The van der Waals surface area contributed by atoms with Gasteiger partial charge in [0, 0.05) is 32.3 Å². The molecule has 3 N–H and O–H groups in total. The molecule has 4 nitrogen and oxygen atoms in total. The topological polar surface area (TPSA) is 53.5 Å². The molecule has 1 saturated heterocycles. The summed E-state index contributed by atoms with van der Waals surface area (Å²) in [6.45, 7) is 1.72. The van der Waals surface area contributed by atoms with Gasteiger partial charge < -0.3 is 20.5 Å². The number of nitrogens with one attached hydrogen (secondary N) is 2. The van der Waals surface area contributed by atoms with Gasteiger partial charge in [0.1, 0.15) is 0 Å². The van der Waals surface area contributed by atoms with Crippen molar-refractivity contribution in [3.05, 3.63) is 0 Å². The van der Waals surface area contributed by atoms with Crippen molar-refractivity contribution in [2.24, 2.45) is 0 Å². The van der Waals surface area contributed by atoms with Gasteiger partial charge in [-0.15, -0.1) is 0 Å². The number of aliphatic hydroxyl groups excluding tert-OH is 1. The Morgan fingerprint density at radius 2 is 2.21 bits per heavy atom. The fourth-order valence-corrected chi connectivity index (χ4v) is 2.19.